The van der Waals surface area contributed by atoms with E-state index in [0.29, 0.717) is 39.4 Å². The molecule has 1 fully saturated rings. The molecule has 3 atom stereocenters. The van der Waals surface area contributed by atoms with Gasteiger partial charge in [0.05, 0.1) is 26.3 Å². The predicted octanol–water partition coefficient (Wildman–Crippen LogP) is 5.89. The van der Waals surface area contributed by atoms with Gasteiger partial charge in [-0.3, -0.25) is 14.4 Å². The Hall–Kier alpha value is -4.26. The smallest absolute Gasteiger partial charge is 0.180 e. The fourth-order valence-corrected chi connectivity index (χ4v) is 6.81. The van der Waals surface area contributed by atoms with Crippen LogP contribution in [0.4, 0.5) is 10.1 Å². The molecule has 0 N–H and O–H groups in total. The van der Waals surface area contributed by atoms with E-state index in [1.165, 1.54) is 26.4 Å². The van der Waals surface area contributed by atoms with Crippen molar-refractivity contribution in [1.82, 2.24) is 0 Å². The Labute approximate surface area is 232 Å². The van der Waals surface area contributed by atoms with E-state index < -0.39 is 34.6 Å². The van der Waals surface area contributed by atoms with Crippen LogP contribution in [0.2, 0.25) is 0 Å². The minimum atomic E-state index is -1.63. The summed E-state index contributed by atoms with van der Waals surface area (Å²) >= 11 is 0. The molecule has 0 amide bonds. The second kappa shape index (κ2) is 8.88. The number of hydrogen-bond acceptors (Lipinski definition) is 6. The van der Waals surface area contributed by atoms with Crippen molar-refractivity contribution < 1.29 is 28.2 Å². The van der Waals surface area contributed by atoms with E-state index in [4.69, 9.17) is 9.47 Å². The van der Waals surface area contributed by atoms with Crippen molar-refractivity contribution in [3.63, 3.8) is 0 Å². The van der Waals surface area contributed by atoms with Crippen molar-refractivity contribution >= 4 is 29.1 Å². The highest BCUT2D eigenvalue weighted by atomic mass is 19.1. The number of nitrogens with zero attached hydrogens (tertiary/aromatic N) is 1. The molecule has 0 aromatic heterocycles. The standard InChI is InChI=1S/C33H30FNO5/c1-32(2,3)31(38)28-27(19-10-14-24(39-4)25(17-19)40-5)33(29(36)21-8-6-7-9-22(21)30(33)37)26-15-11-18-16-20(34)12-13-23(18)35(26)28/h6-17,26-28H,1-5H3/t26-,27+,28+/m0/s1. The van der Waals surface area contributed by atoms with Gasteiger partial charge in [0.15, 0.2) is 28.8 Å². The van der Waals surface area contributed by atoms with Crippen molar-refractivity contribution in [3.05, 3.63) is 94.8 Å². The maximum atomic E-state index is 14.6. The molecule has 0 saturated carbocycles. The lowest BCUT2D eigenvalue weighted by Crippen LogP contribution is -2.49. The Morgan fingerprint density at radius 3 is 2.15 bits per heavy atom. The van der Waals surface area contributed by atoms with E-state index in [-0.39, 0.29) is 17.3 Å². The number of hydrogen-bond donors (Lipinski definition) is 0. The minimum Gasteiger partial charge on any atom is -0.493 e. The summed E-state index contributed by atoms with van der Waals surface area (Å²) in [6.45, 7) is 5.50. The van der Waals surface area contributed by atoms with E-state index >= 15 is 0 Å². The number of halogens is 1. The number of ether oxygens (including phenoxy) is 2. The van der Waals surface area contributed by atoms with Crippen molar-refractivity contribution in [1.29, 1.82) is 0 Å². The van der Waals surface area contributed by atoms with Crippen LogP contribution < -0.4 is 14.4 Å². The van der Waals surface area contributed by atoms with Gasteiger partial charge < -0.3 is 14.4 Å². The Kier molecular flexibility index (Phi) is 5.77. The molecule has 0 bridgehead atoms. The predicted molar refractivity (Wildman–Crippen MR) is 150 cm³/mol. The summed E-state index contributed by atoms with van der Waals surface area (Å²) in [7, 11) is 3.05. The largest absolute Gasteiger partial charge is 0.493 e. The molecule has 3 aromatic rings. The van der Waals surface area contributed by atoms with Crippen LogP contribution >= 0.6 is 0 Å². The van der Waals surface area contributed by atoms with Crippen molar-refractivity contribution in [2.24, 2.45) is 10.8 Å². The summed E-state index contributed by atoms with van der Waals surface area (Å²) in [6.07, 6.45) is 3.54. The SMILES string of the molecule is COc1ccc([C@@H]2[C@H](C(=O)C(C)(C)C)N3c4ccc(F)cc4C=C[C@H]3C23C(=O)c2ccccc2C3=O)cc1OC. The first kappa shape index (κ1) is 26.0. The lowest BCUT2D eigenvalue weighted by Gasteiger charge is -2.38. The van der Waals surface area contributed by atoms with Crippen molar-refractivity contribution in [3.8, 4) is 11.5 Å². The lowest BCUT2D eigenvalue weighted by molar-refractivity contribution is -0.127. The summed E-state index contributed by atoms with van der Waals surface area (Å²) in [6, 6.07) is 14.8. The molecular formula is C33H30FNO5. The van der Waals surface area contributed by atoms with Gasteiger partial charge >= 0.3 is 0 Å². The number of rotatable bonds is 4. The van der Waals surface area contributed by atoms with Gasteiger partial charge in [0.1, 0.15) is 11.2 Å². The molecule has 3 aromatic carbocycles. The molecular weight excluding hydrogens is 509 g/mol. The number of anilines is 1. The fourth-order valence-electron chi connectivity index (χ4n) is 6.81. The van der Waals surface area contributed by atoms with Gasteiger partial charge in [-0.25, -0.2) is 4.39 Å². The Balaban J connectivity index is 1.70. The second-order valence-electron chi connectivity index (χ2n) is 11.6. The molecule has 6 nitrogen and oxygen atoms in total. The van der Waals surface area contributed by atoms with Crippen molar-refractivity contribution in [2.75, 3.05) is 19.1 Å². The lowest BCUT2D eigenvalue weighted by atomic mass is 9.63. The van der Waals surface area contributed by atoms with Crippen molar-refractivity contribution in [2.45, 2.75) is 38.8 Å². The molecule has 3 aliphatic rings. The number of carbonyl (C=O) groups excluding carboxylic acids is 3. The zero-order valence-corrected chi connectivity index (χ0v) is 23.0. The first-order chi connectivity index (χ1) is 19.0. The summed E-state index contributed by atoms with van der Waals surface area (Å²) in [4.78, 5) is 45.6. The second-order valence-corrected chi connectivity index (χ2v) is 11.6. The highest BCUT2D eigenvalue weighted by Gasteiger charge is 2.72. The van der Waals surface area contributed by atoms with Crippen LogP contribution in [-0.4, -0.2) is 43.7 Å². The highest BCUT2D eigenvalue weighted by molar-refractivity contribution is 6.32. The molecule has 0 unspecified atom stereocenters. The Morgan fingerprint density at radius 2 is 1.55 bits per heavy atom. The van der Waals surface area contributed by atoms with Gasteiger partial charge in [0, 0.05) is 33.7 Å². The van der Waals surface area contributed by atoms with Crippen LogP contribution in [0.1, 0.15) is 58.5 Å². The third-order valence-corrected chi connectivity index (χ3v) is 8.54. The summed E-state index contributed by atoms with van der Waals surface area (Å²) < 4.78 is 25.4. The first-order valence-electron chi connectivity index (χ1n) is 13.3. The van der Waals surface area contributed by atoms with Gasteiger partial charge in [-0.2, -0.15) is 0 Å². The topological polar surface area (TPSA) is 72.9 Å². The first-order valence-corrected chi connectivity index (χ1v) is 13.3. The summed E-state index contributed by atoms with van der Waals surface area (Å²) in [5.74, 6) is -1.12. The monoisotopic (exact) mass is 539 g/mol. The van der Waals surface area contributed by atoms with E-state index in [1.54, 1.807) is 60.7 Å². The quantitative estimate of drug-likeness (QED) is 0.385. The molecule has 1 spiro atoms. The number of ketones is 3. The molecule has 2 heterocycles. The molecule has 7 heteroatoms. The molecule has 40 heavy (non-hydrogen) atoms. The van der Waals surface area contributed by atoms with Crippen LogP contribution in [0, 0.1) is 16.6 Å². The Morgan fingerprint density at radius 1 is 0.900 bits per heavy atom. The van der Waals surface area contributed by atoms with Gasteiger partial charge in [0.25, 0.3) is 0 Å². The zero-order chi connectivity index (χ0) is 28.6. The fraction of sp³-hybridized carbons (Fsp3) is 0.303. The Bertz CT molecular complexity index is 1580. The maximum absolute atomic E-state index is 14.6. The molecule has 2 aliphatic heterocycles. The average molecular weight is 540 g/mol. The summed E-state index contributed by atoms with van der Waals surface area (Å²) in [5.41, 5.74) is 0.0598. The van der Waals surface area contributed by atoms with Gasteiger partial charge in [-0.15, -0.1) is 0 Å². The van der Waals surface area contributed by atoms with Crippen LogP contribution in [-0.2, 0) is 4.79 Å². The van der Waals surface area contributed by atoms with E-state index in [9.17, 15) is 18.8 Å². The van der Waals surface area contributed by atoms with Crippen LogP contribution in [0.15, 0.2) is 66.7 Å². The highest BCUT2D eigenvalue weighted by Crippen LogP contribution is 2.61. The number of carbonyl (C=O) groups is 3. The number of methoxy groups -OCH3 is 2. The van der Waals surface area contributed by atoms with Gasteiger partial charge in [0.2, 0.25) is 0 Å². The maximum Gasteiger partial charge on any atom is 0.180 e. The van der Waals surface area contributed by atoms with E-state index in [1.807, 2.05) is 25.7 Å². The number of benzene rings is 3. The van der Waals surface area contributed by atoms with Crippen LogP contribution in [0.5, 0.6) is 11.5 Å². The molecule has 0 radical (unpaired) electrons. The summed E-state index contributed by atoms with van der Waals surface area (Å²) in [5, 5.41) is 0. The van der Waals surface area contributed by atoms with Gasteiger partial charge in [-0.05, 0) is 35.9 Å². The molecule has 1 saturated heterocycles. The average Bonchev–Trinajstić information content (AvgIpc) is 3.37. The molecule has 204 valence electrons. The number of Topliss-reactive ketones (excluding diaryl/α,β-unsaturated/α-hetero) is 3. The normalized spacial score (nSPS) is 22.2. The van der Waals surface area contributed by atoms with E-state index in [2.05, 4.69) is 0 Å². The minimum absolute atomic E-state index is 0.128. The molecule has 1 aliphatic carbocycles. The third-order valence-electron chi connectivity index (χ3n) is 8.54. The van der Waals surface area contributed by atoms with Crippen LogP contribution in [0.3, 0.4) is 0 Å². The van der Waals surface area contributed by atoms with E-state index in [0.717, 1.165) is 0 Å². The molecule has 6 rings (SSSR count). The zero-order valence-electron chi connectivity index (χ0n) is 23.0. The third kappa shape index (κ3) is 3.36. The van der Waals surface area contributed by atoms with Gasteiger partial charge in [-0.1, -0.05) is 63.3 Å². The number of fused-ring (bicyclic) bond motifs is 5. The van der Waals surface area contributed by atoms with Crippen LogP contribution in [0.25, 0.3) is 6.08 Å².